The lowest BCUT2D eigenvalue weighted by Gasteiger charge is -2.17. The van der Waals surface area contributed by atoms with E-state index in [4.69, 9.17) is 5.84 Å². The van der Waals surface area contributed by atoms with Crippen LogP contribution in [0.3, 0.4) is 0 Å². The number of nitrogens with zero attached hydrogens (tertiary/aromatic N) is 2. The number of hydrogen-bond donors (Lipinski definition) is 3. The van der Waals surface area contributed by atoms with E-state index < -0.39 is 0 Å². The Bertz CT molecular complexity index is 592. The van der Waals surface area contributed by atoms with E-state index in [1.54, 1.807) is 6.07 Å². The first-order valence-corrected chi connectivity index (χ1v) is 6.38. The van der Waals surface area contributed by atoms with Crippen LogP contribution < -0.4 is 16.6 Å². The van der Waals surface area contributed by atoms with Crippen LogP contribution in [-0.4, -0.2) is 9.97 Å². The van der Waals surface area contributed by atoms with Gasteiger partial charge in [0.05, 0.1) is 5.69 Å². The van der Waals surface area contributed by atoms with Gasteiger partial charge in [-0.2, -0.15) is 0 Å². The van der Waals surface area contributed by atoms with Gasteiger partial charge in [0, 0.05) is 5.56 Å². The van der Waals surface area contributed by atoms with Crippen molar-refractivity contribution in [1.82, 2.24) is 9.97 Å². The van der Waals surface area contributed by atoms with Gasteiger partial charge in [-0.15, -0.1) is 0 Å². The maximum atomic E-state index is 13.9. The fraction of sp³-hybridized carbons (Fsp3) is 0.286. The highest BCUT2D eigenvalue weighted by molar-refractivity contribution is 5.67. The summed E-state index contributed by atoms with van der Waals surface area (Å²) in [5.41, 5.74) is 4.58. The van der Waals surface area contributed by atoms with E-state index in [0.717, 1.165) is 11.1 Å². The van der Waals surface area contributed by atoms with Crippen molar-refractivity contribution in [2.24, 2.45) is 5.84 Å². The predicted octanol–water partition coefficient (Wildman–Crippen LogP) is 3.08. The van der Waals surface area contributed by atoms with Crippen LogP contribution in [0.25, 0.3) is 0 Å². The second-order valence-corrected chi connectivity index (χ2v) is 4.84. The largest absolute Gasteiger partial charge is 0.337 e. The van der Waals surface area contributed by atoms with Crippen LogP contribution in [0.15, 0.2) is 24.5 Å². The third kappa shape index (κ3) is 2.70. The summed E-state index contributed by atoms with van der Waals surface area (Å²) in [7, 11) is 0. The average Bonchev–Trinajstić information content (AvgIpc) is 2.42. The molecule has 0 bridgehead atoms. The smallest absolute Gasteiger partial charge is 0.148 e. The molecule has 0 aliphatic rings. The van der Waals surface area contributed by atoms with Crippen LogP contribution in [0.5, 0.6) is 0 Å². The van der Waals surface area contributed by atoms with E-state index in [-0.39, 0.29) is 11.7 Å². The quantitative estimate of drug-likeness (QED) is 0.590. The van der Waals surface area contributed by atoms with E-state index in [2.05, 4.69) is 20.7 Å². The van der Waals surface area contributed by atoms with E-state index >= 15 is 0 Å². The molecule has 0 aliphatic carbocycles. The van der Waals surface area contributed by atoms with Gasteiger partial charge >= 0.3 is 0 Å². The molecule has 20 heavy (non-hydrogen) atoms. The van der Waals surface area contributed by atoms with Crippen molar-refractivity contribution in [3.8, 4) is 0 Å². The number of rotatable bonds is 4. The normalized spacial score (nSPS) is 10.7. The lowest BCUT2D eigenvalue weighted by molar-refractivity contribution is 0.630. The van der Waals surface area contributed by atoms with Gasteiger partial charge in [0.2, 0.25) is 0 Å². The number of halogens is 1. The maximum absolute atomic E-state index is 13.9. The lowest BCUT2D eigenvalue weighted by Crippen LogP contribution is -2.14. The first-order chi connectivity index (χ1) is 9.54. The fourth-order valence-corrected chi connectivity index (χ4v) is 2.07. The van der Waals surface area contributed by atoms with Crippen molar-refractivity contribution in [3.63, 3.8) is 0 Å². The second-order valence-electron chi connectivity index (χ2n) is 4.84. The molecule has 1 aromatic carbocycles. The second kappa shape index (κ2) is 5.83. The van der Waals surface area contributed by atoms with Crippen molar-refractivity contribution in [1.29, 1.82) is 0 Å². The molecule has 0 saturated heterocycles. The highest BCUT2D eigenvalue weighted by atomic mass is 19.1. The molecule has 2 rings (SSSR count). The van der Waals surface area contributed by atoms with Crippen LogP contribution >= 0.6 is 0 Å². The molecule has 0 unspecified atom stereocenters. The van der Waals surface area contributed by atoms with Crippen LogP contribution in [0, 0.1) is 12.7 Å². The number of hydrogen-bond acceptors (Lipinski definition) is 5. The topological polar surface area (TPSA) is 75.9 Å². The molecule has 0 aliphatic heterocycles. The van der Waals surface area contributed by atoms with Crippen LogP contribution in [0.2, 0.25) is 0 Å². The molecular formula is C14H18FN5. The van der Waals surface area contributed by atoms with Crippen LogP contribution in [0.4, 0.5) is 21.7 Å². The minimum absolute atomic E-state index is 0.136. The van der Waals surface area contributed by atoms with Crippen molar-refractivity contribution >= 4 is 17.3 Å². The molecule has 0 saturated carbocycles. The number of para-hydroxylation sites is 1. The van der Waals surface area contributed by atoms with E-state index in [1.807, 2.05) is 26.8 Å². The predicted molar refractivity (Wildman–Crippen MR) is 78.4 cm³/mol. The Balaban J connectivity index is 2.49. The summed E-state index contributed by atoms with van der Waals surface area (Å²) in [5, 5.41) is 3.04. The summed E-state index contributed by atoms with van der Waals surface area (Å²) in [5.74, 6) is 6.37. The molecule has 106 valence electrons. The molecule has 0 amide bonds. The molecule has 1 aromatic heterocycles. The van der Waals surface area contributed by atoms with Crippen molar-refractivity contribution in [2.75, 3.05) is 10.7 Å². The number of benzene rings is 1. The Labute approximate surface area is 117 Å². The Morgan fingerprint density at radius 1 is 1.20 bits per heavy atom. The third-order valence-electron chi connectivity index (χ3n) is 3.06. The van der Waals surface area contributed by atoms with Crippen molar-refractivity contribution in [2.45, 2.75) is 26.7 Å². The van der Waals surface area contributed by atoms with Gasteiger partial charge in [-0.3, -0.25) is 0 Å². The zero-order valence-electron chi connectivity index (χ0n) is 11.7. The Hall–Kier alpha value is -2.21. The van der Waals surface area contributed by atoms with Gasteiger partial charge in [0.25, 0.3) is 0 Å². The van der Waals surface area contributed by atoms with Gasteiger partial charge in [-0.05, 0) is 24.5 Å². The number of hydrazine groups is 1. The van der Waals surface area contributed by atoms with Gasteiger partial charge in [-0.25, -0.2) is 20.2 Å². The molecule has 5 nitrogen and oxygen atoms in total. The van der Waals surface area contributed by atoms with E-state index in [9.17, 15) is 4.39 Å². The molecule has 0 radical (unpaired) electrons. The summed E-state index contributed by atoms with van der Waals surface area (Å²) < 4.78 is 13.9. The fourth-order valence-electron chi connectivity index (χ4n) is 2.07. The van der Waals surface area contributed by atoms with E-state index in [0.29, 0.717) is 17.3 Å². The summed E-state index contributed by atoms with van der Waals surface area (Å²) >= 11 is 0. The van der Waals surface area contributed by atoms with Gasteiger partial charge in [-0.1, -0.05) is 26.0 Å². The molecule has 2 aromatic rings. The van der Waals surface area contributed by atoms with Gasteiger partial charge < -0.3 is 10.7 Å². The Kier molecular flexibility index (Phi) is 4.14. The Morgan fingerprint density at radius 3 is 2.50 bits per heavy atom. The summed E-state index contributed by atoms with van der Waals surface area (Å²) in [6.07, 6.45) is 1.39. The Morgan fingerprint density at radius 2 is 1.90 bits per heavy atom. The number of aryl methyl sites for hydroxylation is 1. The van der Waals surface area contributed by atoms with Crippen molar-refractivity contribution < 1.29 is 4.39 Å². The molecule has 0 atom stereocenters. The lowest BCUT2D eigenvalue weighted by atomic mass is 10.0. The highest BCUT2D eigenvalue weighted by Gasteiger charge is 2.16. The molecule has 0 spiro atoms. The summed E-state index contributed by atoms with van der Waals surface area (Å²) in [4.78, 5) is 8.29. The minimum Gasteiger partial charge on any atom is -0.337 e. The summed E-state index contributed by atoms with van der Waals surface area (Å²) in [6.45, 7) is 5.83. The molecule has 1 heterocycles. The molecule has 0 fully saturated rings. The SMILES string of the molecule is Cc1cccc(F)c1Nc1ncnc(NN)c1C(C)C. The highest BCUT2D eigenvalue weighted by Crippen LogP contribution is 2.31. The third-order valence-corrected chi connectivity index (χ3v) is 3.06. The summed E-state index contributed by atoms with van der Waals surface area (Å²) in [6, 6.07) is 4.92. The number of nitrogens with one attached hydrogen (secondary N) is 2. The number of nitrogens with two attached hydrogens (primary N) is 1. The number of nitrogen functional groups attached to an aromatic ring is 1. The van der Waals surface area contributed by atoms with Crippen LogP contribution in [0.1, 0.15) is 30.9 Å². The number of anilines is 3. The minimum atomic E-state index is -0.319. The molecular weight excluding hydrogens is 257 g/mol. The standard InChI is InChI=1S/C14H18FN5/c1-8(2)11-13(17-7-18-14(11)20-16)19-12-9(3)5-4-6-10(12)15/h4-8H,16H2,1-3H3,(H2,17,18,19,20). The zero-order chi connectivity index (χ0) is 14.7. The van der Waals surface area contributed by atoms with Crippen LogP contribution in [-0.2, 0) is 0 Å². The van der Waals surface area contributed by atoms with Gasteiger partial charge in [0.15, 0.2) is 0 Å². The first kappa shape index (κ1) is 14.2. The number of aromatic nitrogens is 2. The monoisotopic (exact) mass is 275 g/mol. The molecule has 4 N–H and O–H groups in total. The molecule has 6 heteroatoms. The maximum Gasteiger partial charge on any atom is 0.148 e. The average molecular weight is 275 g/mol. The van der Waals surface area contributed by atoms with E-state index in [1.165, 1.54) is 12.4 Å². The van der Waals surface area contributed by atoms with Gasteiger partial charge in [0.1, 0.15) is 23.8 Å². The zero-order valence-corrected chi connectivity index (χ0v) is 11.7. The first-order valence-electron chi connectivity index (χ1n) is 6.38. The van der Waals surface area contributed by atoms with Crippen molar-refractivity contribution in [3.05, 3.63) is 41.5 Å².